The molecule has 2 bridgehead atoms. The van der Waals surface area contributed by atoms with Crippen molar-refractivity contribution in [3.8, 4) is 0 Å². The van der Waals surface area contributed by atoms with Crippen molar-refractivity contribution in [2.75, 3.05) is 0 Å². The van der Waals surface area contributed by atoms with E-state index in [1.54, 1.807) is 5.56 Å². The number of carbonyl (C=O) groups excluding carboxylic acids is 1. The van der Waals surface area contributed by atoms with Gasteiger partial charge in [0.1, 0.15) is 0 Å². The van der Waals surface area contributed by atoms with E-state index in [1.807, 2.05) is 0 Å². The maximum absolute atomic E-state index is 8.58. The van der Waals surface area contributed by atoms with Crippen LogP contribution in [-0.4, -0.2) is 6.41 Å². The summed E-state index contributed by atoms with van der Waals surface area (Å²) in [4.78, 5) is 8.58. The van der Waals surface area contributed by atoms with Crippen molar-refractivity contribution >= 4 is 6.41 Å². The first-order valence-corrected chi connectivity index (χ1v) is 9.53. The van der Waals surface area contributed by atoms with Gasteiger partial charge in [-0.25, -0.2) is 0 Å². The van der Waals surface area contributed by atoms with E-state index >= 15 is 0 Å². The number of carbonyl (C=O) groups is 1. The number of primary amides is 1. The molecule has 0 heterocycles. The van der Waals surface area contributed by atoms with Crippen LogP contribution < -0.4 is 5.73 Å². The average molecular weight is 332 g/mol. The molecule has 3 rings (SSSR count). The Morgan fingerprint density at radius 3 is 2.21 bits per heavy atom. The molecule has 24 heavy (non-hydrogen) atoms. The van der Waals surface area contributed by atoms with Crippen LogP contribution in [0.15, 0.2) is 30.3 Å². The average Bonchev–Trinajstić information content (AvgIpc) is 2.47. The number of benzene rings is 1. The Morgan fingerprint density at radius 1 is 1.12 bits per heavy atom. The van der Waals surface area contributed by atoms with Crippen LogP contribution >= 0.6 is 0 Å². The molecule has 3 unspecified atom stereocenters. The minimum Gasteiger partial charge on any atom is -0.372 e. The second-order valence-corrected chi connectivity index (χ2v) is 8.65. The number of rotatable bonds is 1. The lowest BCUT2D eigenvalue weighted by Gasteiger charge is -2.54. The zero-order valence-electron chi connectivity index (χ0n) is 16.3. The SMILES string of the molecule is CC1CC2CC(C)(C)CC(c3ccccc3)(C1)C2.CCC.NC=O. The van der Waals surface area contributed by atoms with E-state index in [4.69, 9.17) is 4.79 Å². The number of nitrogens with two attached hydrogens (primary N) is 1. The maximum atomic E-state index is 8.58. The molecule has 2 aliphatic rings. The van der Waals surface area contributed by atoms with Crippen molar-refractivity contribution < 1.29 is 4.79 Å². The van der Waals surface area contributed by atoms with Crippen molar-refractivity contribution in [2.24, 2.45) is 23.0 Å². The smallest absolute Gasteiger partial charge is 0.204 e. The number of hydrogen-bond acceptors (Lipinski definition) is 1. The van der Waals surface area contributed by atoms with Crippen molar-refractivity contribution in [1.82, 2.24) is 0 Å². The summed E-state index contributed by atoms with van der Waals surface area (Å²) in [6, 6.07) is 11.3. The van der Waals surface area contributed by atoms with Gasteiger partial charge in [0.15, 0.2) is 0 Å². The number of amides is 1. The molecule has 0 aromatic heterocycles. The summed E-state index contributed by atoms with van der Waals surface area (Å²) in [5, 5.41) is 0. The summed E-state index contributed by atoms with van der Waals surface area (Å²) in [5.74, 6) is 1.86. The van der Waals surface area contributed by atoms with E-state index in [0.717, 1.165) is 11.8 Å². The van der Waals surface area contributed by atoms with E-state index in [-0.39, 0.29) is 6.41 Å². The first kappa shape index (κ1) is 20.7. The molecular weight excluding hydrogens is 294 g/mol. The molecule has 0 aliphatic heterocycles. The molecule has 3 atom stereocenters. The molecule has 2 aliphatic carbocycles. The Bertz CT molecular complexity index is 478. The fraction of sp³-hybridized carbons (Fsp3) is 0.682. The fourth-order valence-electron chi connectivity index (χ4n) is 5.24. The fourth-order valence-corrected chi connectivity index (χ4v) is 5.24. The predicted octanol–water partition coefficient (Wildman–Crippen LogP) is 5.70. The molecule has 1 amide bonds. The Kier molecular flexibility index (Phi) is 7.99. The molecule has 2 heteroatoms. The summed E-state index contributed by atoms with van der Waals surface area (Å²) in [6.07, 6.45) is 8.61. The van der Waals surface area contributed by atoms with Crippen LogP contribution in [0.25, 0.3) is 0 Å². The third-order valence-electron chi connectivity index (χ3n) is 5.20. The van der Waals surface area contributed by atoms with Crippen LogP contribution in [0.5, 0.6) is 0 Å². The van der Waals surface area contributed by atoms with Crippen LogP contribution in [0.4, 0.5) is 0 Å². The Hall–Kier alpha value is -1.31. The van der Waals surface area contributed by atoms with Crippen LogP contribution in [-0.2, 0) is 10.2 Å². The first-order chi connectivity index (χ1) is 11.3. The van der Waals surface area contributed by atoms with Crippen LogP contribution in [0, 0.1) is 17.3 Å². The van der Waals surface area contributed by atoms with Gasteiger partial charge in [-0.3, -0.25) is 4.79 Å². The number of hydrogen-bond donors (Lipinski definition) is 1. The summed E-state index contributed by atoms with van der Waals surface area (Å²) in [7, 11) is 0. The molecule has 2 fully saturated rings. The molecule has 0 radical (unpaired) electrons. The second-order valence-electron chi connectivity index (χ2n) is 8.65. The van der Waals surface area contributed by atoms with Crippen LogP contribution in [0.3, 0.4) is 0 Å². The molecule has 136 valence electrons. The minimum absolute atomic E-state index is 0.250. The Labute approximate surface area is 149 Å². The van der Waals surface area contributed by atoms with E-state index in [9.17, 15) is 0 Å². The highest BCUT2D eigenvalue weighted by atomic mass is 16.1. The second kappa shape index (κ2) is 9.25. The predicted molar refractivity (Wildman–Crippen MR) is 104 cm³/mol. The monoisotopic (exact) mass is 331 g/mol. The zero-order valence-corrected chi connectivity index (χ0v) is 16.3. The minimum atomic E-state index is 0.250. The molecular formula is C22H37NO. The molecule has 0 saturated heterocycles. The Morgan fingerprint density at radius 2 is 1.67 bits per heavy atom. The maximum Gasteiger partial charge on any atom is 0.204 e. The summed E-state index contributed by atoms with van der Waals surface area (Å²) in [5.41, 5.74) is 6.78. The molecule has 2 nitrogen and oxygen atoms in total. The van der Waals surface area contributed by atoms with Gasteiger partial charge in [-0.15, -0.1) is 0 Å². The van der Waals surface area contributed by atoms with Gasteiger partial charge < -0.3 is 5.73 Å². The van der Waals surface area contributed by atoms with Crippen LogP contribution in [0.1, 0.15) is 78.7 Å². The van der Waals surface area contributed by atoms with Gasteiger partial charge in [0.05, 0.1) is 0 Å². The van der Waals surface area contributed by atoms with Gasteiger partial charge in [-0.05, 0) is 60.3 Å². The lowest BCUT2D eigenvalue weighted by atomic mass is 9.51. The molecule has 0 spiro atoms. The van der Waals surface area contributed by atoms with Gasteiger partial charge in [0, 0.05) is 0 Å². The molecule has 2 N–H and O–H groups in total. The van der Waals surface area contributed by atoms with Gasteiger partial charge in [0.25, 0.3) is 0 Å². The molecule has 1 aromatic rings. The van der Waals surface area contributed by atoms with Crippen LogP contribution in [0.2, 0.25) is 0 Å². The quantitative estimate of drug-likeness (QED) is 0.659. The van der Waals surface area contributed by atoms with Crippen molar-refractivity contribution in [2.45, 2.75) is 78.6 Å². The van der Waals surface area contributed by atoms with E-state index in [1.165, 1.54) is 38.5 Å². The lowest BCUT2D eigenvalue weighted by molar-refractivity contribution is -0.106. The largest absolute Gasteiger partial charge is 0.372 e. The third kappa shape index (κ3) is 5.65. The van der Waals surface area contributed by atoms with Gasteiger partial charge >= 0.3 is 0 Å². The molecule has 1 aromatic carbocycles. The highest BCUT2D eigenvalue weighted by Crippen LogP contribution is 2.57. The number of fused-ring (bicyclic) bond motifs is 2. The van der Waals surface area contributed by atoms with Crippen molar-refractivity contribution in [3.05, 3.63) is 35.9 Å². The summed E-state index contributed by atoms with van der Waals surface area (Å²) < 4.78 is 0. The Balaban J connectivity index is 0.000000423. The zero-order chi connectivity index (χ0) is 18.2. The lowest BCUT2D eigenvalue weighted by Crippen LogP contribution is -2.45. The molecule has 2 saturated carbocycles. The highest BCUT2D eigenvalue weighted by molar-refractivity contribution is 5.42. The van der Waals surface area contributed by atoms with Gasteiger partial charge in [-0.1, -0.05) is 71.4 Å². The third-order valence-corrected chi connectivity index (χ3v) is 5.20. The summed E-state index contributed by atoms with van der Waals surface area (Å²) >= 11 is 0. The van der Waals surface area contributed by atoms with E-state index in [0.29, 0.717) is 10.8 Å². The van der Waals surface area contributed by atoms with Crippen molar-refractivity contribution in [3.63, 3.8) is 0 Å². The highest BCUT2D eigenvalue weighted by Gasteiger charge is 2.48. The standard InChI is InChI=1S/C18H26.C3H8.CH3NO/c1-14-9-15-11-17(2,3)13-18(10-14,12-15)16-7-5-4-6-8-16;1-3-2;2-1-3/h4-8,14-15H,9-13H2,1-3H3;3H2,1-2H3;1H,(H2,2,3). The topological polar surface area (TPSA) is 43.1 Å². The van der Waals surface area contributed by atoms with Gasteiger partial charge in [0.2, 0.25) is 6.41 Å². The normalized spacial score (nSPS) is 30.0. The van der Waals surface area contributed by atoms with Crippen molar-refractivity contribution in [1.29, 1.82) is 0 Å². The van der Waals surface area contributed by atoms with Gasteiger partial charge in [-0.2, -0.15) is 0 Å². The summed E-state index contributed by atoms with van der Waals surface area (Å²) in [6.45, 7) is 11.7. The van der Waals surface area contributed by atoms with E-state index < -0.39 is 0 Å². The van der Waals surface area contributed by atoms with E-state index in [2.05, 4.69) is 70.7 Å². The first-order valence-electron chi connectivity index (χ1n) is 9.53.